The number of rotatable bonds is 8. The van der Waals surface area contributed by atoms with E-state index in [0.29, 0.717) is 5.57 Å². The lowest BCUT2D eigenvalue weighted by Gasteiger charge is -2.02. The predicted molar refractivity (Wildman–Crippen MR) is 115 cm³/mol. The van der Waals surface area contributed by atoms with E-state index in [1.165, 1.54) is 47.4 Å². The van der Waals surface area contributed by atoms with E-state index in [0.717, 1.165) is 11.3 Å². The van der Waals surface area contributed by atoms with Crippen LogP contribution in [0, 0.1) is 11.3 Å². The molecule has 0 spiro atoms. The molecule has 0 fully saturated rings. The van der Waals surface area contributed by atoms with Crippen molar-refractivity contribution < 1.29 is 0 Å². The van der Waals surface area contributed by atoms with Gasteiger partial charge in [-0.15, -0.1) is 11.3 Å². The summed E-state index contributed by atoms with van der Waals surface area (Å²) in [4.78, 5) is 7.02. The molecule has 0 atom stereocenters. The van der Waals surface area contributed by atoms with Gasteiger partial charge in [-0.2, -0.15) is 5.26 Å². The minimum Gasteiger partial charge on any atom is -0.257 e. The Hall–Kier alpha value is -2.70. The van der Waals surface area contributed by atoms with Crippen LogP contribution in [0.2, 0.25) is 0 Å². The standard InChI is InChI=1S/C24H24N2S/c1-2-3-4-5-9-23-14-15-24(27-23)20-12-10-19(11-13-20)21(18-25)17-22-8-6-7-16-26-22/h6-8,10-17H,2-5,9H2,1H3/b21-17-. The fraction of sp³-hybridized carbons (Fsp3) is 0.250. The van der Waals surface area contributed by atoms with E-state index in [4.69, 9.17) is 0 Å². The van der Waals surface area contributed by atoms with Crippen molar-refractivity contribution in [2.45, 2.75) is 39.0 Å². The average Bonchev–Trinajstić information content (AvgIpc) is 3.19. The van der Waals surface area contributed by atoms with Crippen LogP contribution in [-0.2, 0) is 6.42 Å². The Morgan fingerprint density at radius 3 is 2.59 bits per heavy atom. The Bertz CT molecular complexity index is 915. The molecular weight excluding hydrogens is 348 g/mol. The summed E-state index contributed by atoms with van der Waals surface area (Å²) in [6, 6.07) is 20.7. The van der Waals surface area contributed by atoms with Crippen LogP contribution in [0.1, 0.15) is 48.7 Å². The van der Waals surface area contributed by atoms with Gasteiger partial charge in [-0.3, -0.25) is 4.98 Å². The number of hydrogen-bond donors (Lipinski definition) is 0. The lowest BCUT2D eigenvalue weighted by Crippen LogP contribution is -1.84. The van der Waals surface area contributed by atoms with Crippen molar-refractivity contribution in [3.8, 4) is 16.5 Å². The van der Waals surface area contributed by atoms with E-state index in [1.54, 1.807) is 6.20 Å². The monoisotopic (exact) mass is 372 g/mol. The molecule has 0 aliphatic heterocycles. The van der Waals surface area contributed by atoms with Gasteiger partial charge in [0.15, 0.2) is 0 Å². The van der Waals surface area contributed by atoms with E-state index in [9.17, 15) is 5.26 Å². The summed E-state index contributed by atoms with van der Waals surface area (Å²) < 4.78 is 0. The number of nitrogens with zero attached hydrogens (tertiary/aromatic N) is 2. The molecule has 0 aliphatic rings. The second-order valence-electron chi connectivity index (χ2n) is 6.58. The molecule has 0 unspecified atom stereocenters. The van der Waals surface area contributed by atoms with Crippen LogP contribution in [0.5, 0.6) is 0 Å². The fourth-order valence-corrected chi connectivity index (χ4v) is 4.05. The molecule has 3 heteroatoms. The number of hydrogen-bond acceptors (Lipinski definition) is 3. The van der Waals surface area contributed by atoms with E-state index >= 15 is 0 Å². The van der Waals surface area contributed by atoms with Gasteiger partial charge in [0.05, 0.1) is 17.3 Å². The molecule has 0 saturated heterocycles. The van der Waals surface area contributed by atoms with Gasteiger partial charge in [0.25, 0.3) is 0 Å². The number of nitriles is 1. The van der Waals surface area contributed by atoms with Gasteiger partial charge in [-0.25, -0.2) is 0 Å². The minimum absolute atomic E-state index is 0.628. The summed E-state index contributed by atoms with van der Waals surface area (Å²) in [7, 11) is 0. The Morgan fingerprint density at radius 2 is 1.89 bits per heavy atom. The van der Waals surface area contributed by atoms with Crippen LogP contribution in [-0.4, -0.2) is 4.98 Å². The SMILES string of the molecule is CCCCCCc1ccc(-c2ccc(/C(C#N)=C\c3ccccn3)cc2)s1. The van der Waals surface area contributed by atoms with E-state index in [1.807, 2.05) is 47.7 Å². The average molecular weight is 373 g/mol. The smallest absolute Gasteiger partial charge is 0.0998 e. The Kier molecular flexibility index (Phi) is 6.96. The Balaban J connectivity index is 1.71. The summed E-state index contributed by atoms with van der Waals surface area (Å²) in [6.45, 7) is 2.25. The number of benzene rings is 1. The molecule has 27 heavy (non-hydrogen) atoms. The van der Waals surface area contributed by atoms with Gasteiger partial charge in [0.2, 0.25) is 0 Å². The van der Waals surface area contributed by atoms with Crippen molar-refractivity contribution in [2.75, 3.05) is 0 Å². The summed E-state index contributed by atoms with van der Waals surface area (Å²) in [5, 5.41) is 9.51. The largest absolute Gasteiger partial charge is 0.257 e. The van der Waals surface area contributed by atoms with E-state index in [2.05, 4.69) is 42.2 Å². The van der Waals surface area contributed by atoms with Crippen LogP contribution in [0.3, 0.4) is 0 Å². The Labute approximate surface area is 165 Å². The molecule has 136 valence electrons. The number of thiophene rings is 1. The van der Waals surface area contributed by atoms with Gasteiger partial charge < -0.3 is 0 Å². The highest BCUT2D eigenvalue weighted by molar-refractivity contribution is 7.15. The second kappa shape index (κ2) is 9.85. The van der Waals surface area contributed by atoms with Gasteiger partial charge in [-0.05, 0) is 54.3 Å². The van der Waals surface area contributed by atoms with Crippen molar-refractivity contribution in [3.05, 3.63) is 76.9 Å². The molecule has 3 rings (SSSR count). The molecule has 2 heterocycles. The van der Waals surface area contributed by atoms with Crippen LogP contribution in [0.15, 0.2) is 60.8 Å². The van der Waals surface area contributed by atoms with Gasteiger partial charge in [0, 0.05) is 16.0 Å². The van der Waals surface area contributed by atoms with Crippen molar-refractivity contribution in [3.63, 3.8) is 0 Å². The molecular formula is C24H24N2S. The summed E-state index contributed by atoms with van der Waals surface area (Å²) in [5.41, 5.74) is 3.55. The second-order valence-corrected chi connectivity index (χ2v) is 7.75. The highest BCUT2D eigenvalue weighted by atomic mass is 32.1. The lowest BCUT2D eigenvalue weighted by atomic mass is 10.0. The maximum absolute atomic E-state index is 9.51. The van der Waals surface area contributed by atoms with Crippen molar-refractivity contribution in [2.24, 2.45) is 0 Å². The molecule has 0 amide bonds. The topological polar surface area (TPSA) is 36.7 Å². The molecule has 2 aromatic heterocycles. The summed E-state index contributed by atoms with van der Waals surface area (Å²) >= 11 is 1.88. The highest BCUT2D eigenvalue weighted by Gasteiger charge is 2.06. The molecule has 2 nitrogen and oxygen atoms in total. The molecule has 0 bridgehead atoms. The quantitative estimate of drug-likeness (QED) is 0.315. The first-order valence-electron chi connectivity index (χ1n) is 9.52. The van der Waals surface area contributed by atoms with E-state index < -0.39 is 0 Å². The molecule has 0 N–H and O–H groups in total. The van der Waals surface area contributed by atoms with Crippen molar-refractivity contribution in [1.82, 2.24) is 4.98 Å². The van der Waals surface area contributed by atoms with Crippen LogP contribution < -0.4 is 0 Å². The normalized spacial score (nSPS) is 11.3. The molecule has 0 saturated carbocycles. The fourth-order valence-electron chi connectivity index (χ4n) is 3.00. The van der Waals surface area contributed by atoms with Crippen LogP contribution >= 0.6 is 11.3 Å². The minimum atomic E-state index is 0.628. The van der Waals surface area contributed by atoms with Gasteiger partial charge in [0.1, 0.15) is 0 Å². The lowest BCUT2D eigenvalue weighted by molar-refractivity contribution is 0.670. The maximum Gasteiger partial charge on any atom is 0.0998 e. The van der Waals surface area contributed by atoms with Gasteiger partial charge >= 0.3 is 0 Å². The maximum atomic E-state index is 9.51. The third-order valence-corrected chi connectivity index (χ3v) is 5.71. The summed E-state index contributed by atoms with van der Waals surface area (Å²) in [6.07, 6.45) is 9.94. The van der Waals surface area contributed by atoms with Crippen LogP contribution in [0.25, 0.3) is 22.1 Å². The number of aromatic nitrogens is 1. The first kappa shape index (κ1) is 19.1. The number of allylic oxidation sites excluding steroid dienone is 1. The van der Waals surface area contributed by atoms with Crippen molar-refractivity contribution in [1.29, 1.82) is 5.26 Å². The Morgan fingerprint density at radius 1 is 1.04 bits per heavy atom. The van der Waals surface area contributed by atoms with Crippen molar-refractivity contribution >= 4 is 23.0 Å². The molecule has 1 aromatic carbocycles. The third-order valence-electron chi connectivity index (χ3n) is 4.52. The van der Waals surface area contributed by atoms with E-state index in [-0.39, 0.29) is 0 Å². The predicted octanol–water partition coefficient (Wildman–Crippen LogP) is 7.00. The van der Waals surface area contributed by atoms with Crippen LogP contribution in [0.4, 0.5) is 0 Å². The molecule has 0 radical (unpaired) electrons. The zero-order valence-corrected chi connectivity index (χ0v) is 16.5. The zero-order chi connectivity index (χ0) is 18.9. The number of pyridine rings is 1. The third kappa shape index (κ3) is 5.39. The first-order valence-corrected chi connectivity index (χ1v) is 10.3. The number of aryl methyl sites for hydroxylation is 1. The molecule has 3 aromatic rings. The van der Waals surface area contributed by atoms with Gasteiger partial charge in [-0.1, -0.05) is 56.5 Å². The summed E-state index contributed by atoms with van der Waals surface area (Å²) in [5.74, 6) is 0. The molecule has 0 aliphatic carbocycles. The highest BCUT2D eigenvalue weighted by Crippen LogP contribution is 2.30. The number of unbranched alkanes of at least 4 members (excludes halogenated alkanes) is 3. The first-order chi connectivity index (χ1) is 13.3. The zero-order valence-electron chi connectivity index (χ0n) is 15.7.